The molecular formula is C29H44N8O2. The summed E-state index contributed by atoms with van der Waals surface area (Å²) in [7, 11) is 3.96. The van der Waals surface area contributed by atoms with Gasteiger partial charge in [0.25, 0.3) is 0 Å². The summed E-state index contributed by atoms with van der Waals surface area (Å²) in [6.07, 6.45) is 5.79. The molecule has 0 saturated carbocycles. The van der Waals surface area contributed by atoms with E-state index in [0.29, 0.717) is 19.0 Å². The molecule has 2 atom stereocenters. The van der Waals surface area contributed by atoms with E-state index >= 15 is 0 Å². The number of rotatable bonds is 2. The third-order valence-corrected chi connectivity index (χ3v) is 6.53. The van der Waals surface area contributed by atoms with Crippen LogP contribution in [0.25, 0.3) is 34.3 Å². The van der Waals surface area contributed by atoms with Crippen LogP contribution in [0.2, 0.25) is 0 Å². The molecule has 10 nitrogen and oxygen atoms in total. The summed E-state index contributed by atoms with van der Waals surface area (Å²) in [6, 6.07) is 1.91. The Morgan fingerprint density at radius 1 is 1.10 bits per heavy atom. The van der Waals surface area contributed by atoms with Crippen LogP contribution >= 0.6 is 0 Å². The smallest absolute Gasteiger partial charge is 0.221 e. The maximum Gasteiger partial charge on any atom is 0.221 e. The van der Waals surface area contributed by atoms with Gasteiger partial charge in [-0.25, -0.2) is 4.68 Å². The third-order valence-electron chi connectivity index (χ3n) is 6.53. The van der Waals surface area contributed by atoms with Gasteiger partial charge in [-0.2, -0.15) is 15.3 Å². The lowest BCUT2D eigenvalue weighted by Gasteiger charge is -2.24. The van der Waals surface area contributed by atoms with E-state index in [2.05, 4.69) is 40.2 Å². The number of ether oxygens (including phenoxy) is 1. The summed E-state index contributed by atoms with van der Waals surface area (Å²) in [6.45, 7) is 17.4. The second-order valence-electron chi connectivity index (χ2n) is 9.49. The Balaban J connectivity index is 0.00000100. The quantitative estimate of drug-likeness (QED) is 0.364. The van der Waals surface area contributed by atoms with Gasteiger partial charge in [0.1, 0.15) is 6.10 Å². The van der Waals surface area contributed by atoms with Gasteiger partial charge in [-0.15, -0.1) is 0 Å². The van der Waals surface area contributed by atoms with Crippen LogP contribution in [0.15, 0.2) is 12.3 Å². The van der Waals surface area contributed by atoms with Crippen LogP contribution in [0, 0.1) is 13.8 Å². The highest BCUT2D eigenvalue weighted by molar-refractivity contribution is 5.92. The molecule has 0 aliphatic carbocycles. The van der Waals surface area contributed by atoms with Gasteiger partial charge in [0, 0.05) is 31.1 Å². The van der Waals surface area contributed by atoms with Crippen LogP contribution in [-0.2, 0) is 13.6 Å². The topological polar surface area (TPSA) is 110 Å². The molecule has 5 heterocycles. The normalized spacial score (nSPS) is 16.9. The standard InChI is InChI=1S/C25H32N8O2.2C2H6/c1-14(13-34)33-23-12-31(5)11-15(2)35-25-24(17(4)29-32(25)6)21-9-19-20(27-28-22(19)10-26-21)8-7-18(23)16(3)30-33;2*1-2/h7-10,14-15,34H,11-13H2,1-6H3,(H,27,28);2*1-2H3/b8-7+;;. The Bertz CT molecular complexity index is 1410. The fourth-order valence-electron chi connectivity index (χ4n) is 4.84. The third kappa shape index (κ3) is 6.07. The van der Waals surface area contributed by atoms with Crippen LogP contribution in [0.3, 0.4) is 0 Å². The van der Waals surface area contributed by atoms with Crippen molar-refractivity contribution in [3.8, 4) is 17.1 Å². The summed E-state index contributed by atoms with van der Waals surface area (Å²) >= 11 is 0. The molecule has 1 aliphatic rings. The average molecular weight is 537 g/mol. The number of fused-ring (bicyclic) bond motifs is 4. The molecule has 0 radical (unpaired) electrons. The van der Waals surface area contributed by atoms with Crippen LogP contribution in [0.5, 0.6) is 5.88 Å². The van der Waals surface area contributed by atoms with Crippen molar-refractivity contribution in [1.82, 2.24) is 39.6 Å². The fourth-order valence-corrected chi connectivity index (χ4v) is 4.84. The number of aryl methyl sites for hydroxylation is 3. The number of nitrogens with zero attached hydrogens (tertiary/aromatic N) is 7. The number of aliphatic hydroxyl groups excluding tert-OH is 1. The molecule has 0 fully saturated rings. The molecule has 1 aliphatic heterocycles. The Morgan fingerprint density at radius 3 is 2.51 bits per heavy atom. The van der Waals surface area contributed by atoms with E-state index in [9.17, 15) is 5.11 Å². The number of nitrogens with one attached hydrogen (secondary N) is 1. The monoisotopic (exact) mass is 536 g/mol. The van der Waals surface area contributed by atoms with Gasteiger partial charge in [-0.05, 0) is 53.0 Å². The number of likely N-dealkylation sites (N-methyl/N-ethyl adjacent to an activating group) is 1. The molecule has 0 saturated heterocycles. The highest BCUT2D eigenvalue weighted by atomic mass is 16.5. The number of aromatic amines is 1. The van der Waals surface area contributed by atoms with Crippen LogP contribution in [-0.4, -0.2) is 71.1 Å². The Kier molecular flexibility index (Phi) is 10.0. The first-order chi connectivity index (χ1) is 18.8. The summed E-state index contributed by atoms with van der Waals surface area (Å²) in [4.78, 5) is 6.91. The second kappa shape index (κ2) is 13.0. The predicted molar refractivity (Wildman–Crippen MR) is 158 cm³/mol. The zero-order valence-electron chi connectivity index (χ0n) is 25.1. The molecule has 4 aromatic rings. The minimum Gasteiger partial charge on any atom is -0.473 e. The Labute approximate surface area is 231 Å². The summed E-state index contributed by atoms with van der Waals surface area (Å²) in [5.41, 5.74) is 7.22. The molecule has 212 valence electrons. The zero-order chi connectivity index (χ0) is 28.9. The van der Waals surface area contributed by atoms with Crippen molar-refractivity contribution in [2.45, 2.75) is 74.1 Å². The predicted octanol–water partition coefficient (Wildman–Crippen LogP) is 5.16. The van der Waals surface area contributed by atoms with E-state index in [1.807, 2.05) is 72.3 Å². The number of H-pyrrole nitrogens is 1. The maximum atomic E-state index is 9.85. The molecule has 2 N–H and O–H groups in total. The SMILES string of the molecule is CC.CC.Cc1nn(C(C)CO)c2c1/C=C/c1n[nH]c3cnc(cc13)-c1c(C)nn(C)c1OC(C)CN(C)C2. The van der Waals surface area contributed by atoms with Crippen LogP contribution < -0.4 is 4.74 Å². The molecule has 2 bridgehead atoms. The molecule has 10 heteroatoms. The highest BCUT2D eigenvalue weighted by Crippen LogP contribution is 2.34. The number of pyridine rings is 1. The van der Waals surface area contributed by atoms with E-state index < -0.39 is 0 Å². The minimum atomic E-state index is -0.130. The molecule has 0 spiro atoms. The highest BCUT2D eigenvalue weighted by Gasteiger charge is 2.24. The maximum absolute atomic E-state index is 9.85. The lowest BCUT2D eigenvalue weighted by molar-refractivity contribution is 0.145. The van der Waals surface area contributed by atoms with E-state index in [1.54, 1.807) is 10.9 Å². The summed E-state index contributed by atoms with van der Waals surface area (Å²) in [5, 5.41) is 27.8. The summed E-state index contributed by atoms with van der Waals surface area (Å²) in [5.74, 6) is 0.696. The molecule has 39 heavy (non-hydrogen) atoms. The van der Waals surface area contributed by atoms with Crippen molar-refractivity contribution in [3.05, 3.63) is 40.6 Å². The summed E-state index contributed by atoms with van der Waals surface area (Å²) < 4.78 is 10.2. The number of aromatic nitrogens is 7. The zero-order valence-corrected chi connectivity index (χ0v) is 25.1. The van der Waals surface area contributed by atoms with Crippen molar-refractivity contribution in [2.24, 2.45) is 7.05 Å². The van der Waals surface area contributed by atoms with Crippen molar-refractivity contribution in [1.29, 1.82) is 0 Å². The van der Waals surface area contributed by atoms with Gasteiger partial charge in [-0.1, -0.05) is 27.7 Å². The van der Waals surface area contributed by atoms with Crippen LogP contribution in [0.4, 0.5) is 0 Å². The number of hydrogen-bond acceptors (Lipinski definition) is 7. The minimum absolute atomic E-state index is 0.0168. The lowest BCUT2D eigenvalue weighted by Crippen LogP contribution is -2.32. The first-order valence-corrected chi connectivity index (χ1v) is 13.9. The number of aliphatic hydroxyl groups is 1. The molecule has 0 amide bonds. The molecular weight excluding hydrogens is 492 g/mol. The largest absolute Gasteiger partial charge is 0.473 e. The van der Waals surface area contributed by atoms with Gasteiger partial charge in [-0.3, -0.25) is 19.7 Å². The molecule has 5 rings (SSSR count). The van der Waals surface area contributed by atoms with Gasteiger partial charge in [0.15, 0.2) is 0 Å². The van der Waals surface area contributed by atoms with E-state index in [1.165, 1.54) is 0 Å². The molecule has 0 aromatic carbocycles. The molecule has 2 unspecified atom stereocenters. The lowest BCUT2D eigenvalue weighted by atomic mass is 10.1. The van der Waals surface area contributed by atoms with Gasteiger partial charge >= 0.3 is 0 Å². The Morgan fingerprint density at radius 2 is 1.82 bits per heavy atom. The van der Waals surface area contributed by atoms with Crippen LogP contribution in [0.1, 0.15) is 75.9 Å². The van der Waals surface area contributed by atoms with Crippen molar-refractivity contribution < 1.29 is 9.84 Å². The van der Waals surface area contributed by atoms with E-state index in [-0.39, 0.29) is 18.8 Å². The Hall–Kier alpha value is -3.50. The molecule has 4 aromatic heterocycles. The first-order valence-electron chi connectivity index (χ1n) is 13.9. The second-order valence-corrected chi connectivity index (χ2v) is 9.49. The number of hydrogen-bond donors (Lipinski definition) is 2. The van der Waals surface area contributed by atoms with E-state index in [4.69, 9.17) is 14.8 Å². The van der Waals surface area contributed by atoms with Gasteiger partial charge in [0.2, 0.25) is 5.88 Å². The fraction of sp³-hybridized carbons (Fsp3) is 0.517. The van der Waals surface area contributed by atoms with Crippen molar-refractivity contribution >= 4 is 23.1 Å². The average Bonchev–Trinajstić information content (AvgIpc) is 3.56. The van der Waals surface area contributed by atoms with Gasteiger partial charge < -0.3 is 9.84 Å². The van der Waals surface area contributed by atoms with E-state index in [0.717, 1.165) is 50.5 Å². The first kappa shape index (κ1) is 30.0. The van der Waals surface area contributed by atoms with Gasteiger partial charge in [0.05, 0.1) is 58.4 Å². The van der Waals surface area contributed by atoms with Crippen molar-refractivity contribution in [3.63, 3.8) is 0 Å². The van der Waals surface area contributed by atoms with Crippen molar-refractivity contribution in [2.75, 3.05) is 20.2 Å².